The van der Waals surface area contributed by atoms with E-state index >= 15 is 0 Å². The van der Waals surface area contributed by atoms with Crippen LogP contribution in [-0.4, -0.2) is 17.6 Å². The number of hydrogen-bond acceptors (Lipinski definition) is 2. The first-order valence-electron chi connectivity index (χ1n) is 3.61. The van der Waals surface area contributed by atoms with Crippen molar-refractivity contribution in [2.24, 2.45) is 5.73 Å². The molecule has 0 bridgehead atoms. The van der Waals surface area contributed by atoms with Gasteiger partial charge in [0.15, 0.2) is 5.60 Å². The molecule has 0 saturated carbocycles. The highest BCUT2D eigenvalue weighted by atomic mass is 16.6. The highest BCUT2D eigenvalue weighted by Crippen LogP contribution is 2.39. The van der Waals surface area contributed by atoms with Gasteiger partial charge in [0.2, 0.25) is 0 Å². The van der Waals surface area contributed by atoms with Crippen molar-refractivity contribution in [3.05, 3.63) is 0 Å². The predicted molar refractivity (Wildman–Crippen MR) is 37.4 cm³/mol. The van der Waals surface area contributed by atoms with Crippen LogP contribution in [0.1, 0.15) is 26.7 Å². The largest absolute Gasteiger partial charge is 0.367 e. The fraction of sp³-hybridized carbons (Fsp3) is 0.857. The Morgan fingerprint density at radius 2 is 2.30 bits per heavy atom. The first-order chi connectivity index (χ1) is 4.63. The molecule has 0 spiro atoms. The molecular weight excluding hydrogens is 130 g/mol. The van der Waals surface area contributed by atoms with Gasteiger partial charge in [0.25, 0.3) is 5.91 Å². The lowest BCUT2D eigenvalue weighted by Gasteiger charge is -2.03. The molecule has 1 rings (SSSR count). The lowest BCUT2D eigenvalue weighted by molar-refractivity contribution is -0.123. The van der Waals surface area contributed by atoms with Crippen molar-refractivity contribution in [1.29, 1.82) is 0 Å². The Hall–Kier alpha value is -0.570. The summed E-state index contributed by atoms with van der Waals surface area (Å²) in [5.41, 5.74) is 4.54. The van der Waals surface area contributed by atoms with Crippen LogP contribution in [0.2, 0.25) is 0 Å². The van der Waals surface area contributed by atoms with Gasteiger partial charge in [-0.25, -0.2) is 0 Å². The third-order valence-electron chi connectivity index (χ3n) is 2.03. The van der Waals surface area contributed by atoms with Gasteiger partial charge in [0.05, 0.1) is 6.10 Å². The van der Waals surface area contributed by atoms with E-state index in [9.17, 15) is 4.79 Å². The minimum atomic E-state index is -0.602. The van der Waals surface area contributed by atoms with Gasteiger partial charge in [-0.1, -0.05) is 13.3 Å². The van der Waals surface area contributed by atoms with Crippen LogP contribution in [0.3, 0.4) is 0 Å². The van der Waals surface area contributed by atoms with Gasteiger partial charge in [0, 0.05) is 0 Å². The van der Waals surface area contributed by atoms with Crippen molar-refractivity contribution < 1.29 is 9.53 Å². The Kier molecular flexibility index (Phi) is 1.68. The molecule has 3 heteroatoms. The van der Waals surface area contributed by atoms with E-state index in [2.05, 4.69) is 0 Å². The second-order valence-electron chi connectivity index (χ2n) is 2.76. The summed E-state index contributed by atoms with van der Waals surface area (Å²) < 4.78 is 5.13. The summed E-state index contributed by atoms with van der Waals surface area (Å²) in [7, 11) is 0. The van der Waals surface area contributed by atoms with Crippen molar-refractivity contribution in [2.75, 3.05) is 0 Å². The maximum absolute atomic E-state index is 10.8. The first kappa shape index (κ1) is 7.54. The number of rotatable bonds is 3. The van der Waals surface area contributed by atoms with E-state index in [0.29, 0.717) is 0 Å². The van der Waals surface area contributed by atoms with Crippen LogP contribution in [0, 0.1) is 0 Å². The number of epoxide rings is 1. The van der Waals surface area contributed by atoms with E-state index in [1.807, 2.05) is 13.8 Å². The molecule has 1 amide bonds. The Morgan fingerprint density at radius 3 is 2.40 bits per heavy atom. The Morgan fingerprint density at radius 1 is 1.80 bits per heavy atom. The van der Waals surface area contributed by atoms with Gasteiger partial charge >= 0.3 is 0 Å². The van der Waals surface area contributed by atoms with Gasteiger partial charge in [-0.05, 0) is 13.3 Å². The minimum absolute atomic E-state index is 0.0324. The maximum atomic E-state index is 10.8. The van der Waals surface area contributed by atoms with Crippen molar-refractivity contribution in [3.8, 4) is 0 Å². The Bertz CT molecular complexity index is 158. The minimum Gasteiger partial charge on any atom is -0.367 e. The van der Waals surface area contributed by atoms with E-state index in [-0.39, 0.29) is 12.0 Å². The zero-order valence-corrected chi connectivity index (χ0v) is 6.39. The van der Waals surface area contributed by atoms with Crippen LogP contribution >= 0.6 is 0 Å². The molecule has 1 saturated heterocycles. The fourth-order valence-electron chi connectivity index (χ4n) is 1.30. The fourth-order valence-corrected chi connectivity index (χ4v) is 1.30. The van der Waals surface area contributed by atoms with Gasteiger partial charge in [-0.15, -0.1) is 0 Å². The molecule has 0 aromatic carbocycles. The molecule has 1 aliphatic rings. The molecule has 0 aliphatic carbocycles. The van der Waals surface area contributed by atoms with Crippen molar-refractivity contribution in [2.45, 2.75) is 38.4 Å². The lowest BCUT2D eigenvalue weighted by atomic mass is 10.00. The molecule has 0 aromatic rings. The monoisotopic (exact) mass is 143 g/mol. The van der Waals surface area contributed by atoms with Gasteiger partial charge < -0.3 is 10.5 Å². The summed E-state index contributed by atoms with van der Waals surface area (Å²) in [5.74, 6) is -0.318. The van der Waals surface area contributed by atoms with Crippen LogP contribution in [0.25, 0.3) is 0 Å². The third kappa shape index (κ3) is 0.904. The highest BCUT2D eigenvalue weighted by Gasteiger charge is 2.57. The third-order valence-corrected chi connectivity index (χ3v) is 2.03. The van der Waals surface area contributed by atoms with Crippen molar-refractivity contribution in [3.63, 3.8) is 0 Å². The molecule has 1 heterocycles. The second kappa shape index (κ2) is 2.23. The molecule has 2 atom stereocenters. The number of amides is 1. The summed E-state index contributed by atoms with van der Waals surface area (Å²) in [6, 6.07) is 0. The summed E-state index contributed by atoms with van der Waals surface area (Å²) in [6.07, 6.45) is 1.72. The van der Waals surface area contributed by atoms with Crippen LogP contribution in [0.15, 0.2) is 0 Å². The van der Waals surface area contributed by atoms with Crippen LogP contribution < -0.4 is 5.73 Å². The van der Waals surface area contributed by atoms with Gasteiger partial charge in [-0.3, -0.25) is 4.79 Å². The second-order valence-corrected chi connectivity index (χ2v) is 2.76. The molecule has 0 radical (unpaired) electrons. The number of carbonyl (C=O) groups is 1. The molecule has 10 heavy (non-hydrogen) atoms. The summed E-state index contributed by atoms with van der Waals surface area (Å²) >= 11 is 0. The zero-order valence-electron chi connectivity index (χ0n) is 6.39. The van der Waals surface area contributed by atoms with Crippen LogP contribution in [0.4, 0.5) is 0 Å². The first-order valence-corrected chi connectivity index (χ1v) is 3.61. The van der Waals surface area contributed by atoms with Gasteiger partial charge in [0.1, 0.15) is 0 Å². The van der Waals surface area contributed by atoms with Crippen LogP contribution in [0.5, 0.6) is 0 Å². The van der Waals surface area contributed by atoms with E-state index < -0.39 is 5.60 Å². The average molecular weight is 143 g/mol. The van der Waals surface area contributed by atoms with E-state index in [1.54, 1.807) is 0 Å². The zero-order chi connectivity index (χ0) is 7.78. The summed E-state index contributed by atoms with van der Waals surface area (Å²) in [4.78, 5) is 10.8. The Balaban J connectivity index is 2.55. The number of primary amides is 1. The molecule has 58 valence electrons. The van der Waals surface area contributed by atoms with E-state index in [4.69, 9.17) is 10.5 Å². The van der Waals surface area contributed by atoms with Gasteiger partial charge in [-0.2, -0.15) is 0 Å². The predicted octanol–water partition coefficient (Wildman–Crippen LogP) is 0.429. The molecule has 1 aliphatic heterocycles. The molecule has 1 fully saturated rings. The van der Waals surface area contributed by atoms with E-state index in [0.717, 1.165) is 12.8 Å². The van der Waals surface area contributed by atoms with Crippen molar-refractivity contribution >= 4 is 5.91 Å². The van der Waals surface area contributed by atoms with E-state index in [1.165, 1.54) is 0 Å². The van der Waals surface area contributed by atoms with Crippen molar-refractivity contribution in [1.82, 2.24) is 0 Å². The average Bonchev–Trinajstić information content (AvgIpc) is 2.44. The smallest absolute Gasteiger partial charge is 0.252 e. The quantitative estimate of drug-likeness (QED) is 0.582. The normalized spacial score (nSPS) is 37.6. The summed E-state index contributed by atoms with van der Waals surface area (Å²) in [6.45, 7) is 3.89. The lowest BCUT2D eigenvalue weighted by Crippen LogP contribution is -2.33. The molecule has 0 aromatic heterocycles. The standard InChI is InChI=1S/C7H13NO2/c1-3-4-7(6(8)9)5(2)10-7/h5H,3-4H2,1-2H3,(H2,8,9)/t5-,7-/m1/s1. The molecule has 0 unspecified atom stereocenters. The SMILES string of the molecule is CCC[C@@]1(C(N)=O)O[C@@H]1C. The summed E-state index contributed by atoms with van der Waals surface area (Å²) in [5, 5.41) is 0. The highest BCUT2D eigenvalue weighted by molar-refractivity contribution is 5.86. The molecular formula is C7H13NO2. The number of carbonyl (C=O) groups excluding carboxylic acids is 1. The molecule has 3 nitrogen and oxygen atoms in total. The van der Waals surface area contributed by atoms with Crippen LogP contribution in [-0.2, 0) is 9.53 Å². The maximum Gasteiger partial charge on any atom is 0.252 e. The number of ether oxygens (including phenoxy) is 1. The topological polar surface area (TPSA) is 55.6 Å². The number of hydrogen-bond donors (Lipinski definition) is 1. The Labute approximate surface area is 60.5 Å². The molecule has 2 N–H and O–H groups in total. The number of nitrogens with two attached hydrogens (primary N) is 1.